The maximum absolute atomic E-state index is 10.4. The zero-order chi connectivity index (χ0) is 9.84. The monoisotopic (exact) mass is 186 g/mol. The van der Waals surface area contributed by atoms with E-state index in [9.17, 15) is 4.79 Å². The van der Waals surface area contributed by atoms with Crippen molar-refractivity contribution >= 4 is 5.97 Å². The summed E-state index contributed by atoms with van der Waals surface area (Å²) in [5.41, 5.74) is 0. The summed E-state index contributed by atoms with van der Waals surface area (Å²) in [6.45, 7) is 5.89. The molecular formula is C9H18N2O2. The van der Waals surface area contributed by atoms with Crippen LogP contribution < -0.4 is 0 Å². The van der Waals surface area contributed by atoms with Gasteiger partial charge in [0, 0.05) is 32.2 Å². The molecule has 0 radical (unpaired) electrons. The first-order valence-corrected chi connectivity index (χ1v) is 4.74. The molecule has 1 unspecified atom stereocenters. The largest absolute Gasteiger partial charge is 0.481 e. The fraction of sp³-hybridized carbons (Fsp3) is 0.889. The number of carbonyl (C=O) groups is 1. The minimum atomic E-state index is -0.702. The van der Waals surface area contributed by atoms with Gasteiger partial charge in [-0.1, -0.05) is 0 Å². The Morgan fingerprint density at radius 3 is 2.77 bits per heavy atom. The van der Waals surface area contributed by atoms with Crippen LogP contribution in [0.15, 0.2) is 0 Å². The number of nitrogens with zero attached hydrogens (tertiary/aromatic N) is 2. The van der Waals surface area contributed by atoms with Crippen molar-refractivity contribution < 1.29 is 9.90 Å². The third-order valence-electron chi connectivity index (χ3n) is 2.69. The summed E-state index contributed by atoms with van der Waals surface area (Å²) in [6, 6.07) is 0.544. The van der Waals surface area contributed by atoms with Crippen LogP contribution >= 0.6 is 0 Å². The van der Waals surface area contributed by atoms with Gasteiger partial charge in [0.2, 0.25) is 0 Å². The van der Waals surface area contributed by atoms with Crippen LogP contribution in [0.25, 0.3) is 0 Å². The number of piperazine rings is 1. The number of rotatable bonds is 3. The molecule has 1 aliphatic rings. The lowest BCUT2D eigenvalue weighted by Gasteiger charge is -2.37. The van der Waals surface area contributed by atoms with Crippen LogP contribution in [0.3, 0.4) is 0 Å². The van der Waals surface area contributed by atoms with Crippen molar-refractivity contribution in [3.05, 3.63) is 0 Å². The lowest BCUT2D eigenvalue weighted by atomic mass is 10.2. The summed E-state index contributed by atoms with van der Waals surface area (Å²) in [5, 5.41) is 8.52. The Kier molecular flexibility index (Phi) is 3.69. The number of likely N-dealkylation sites (N-methyl/N-ethyl adjacent to an activating group) is 1. The van der Waals surface area contributed by atoms with Gasteiger partial charge in [-0.15, -0.1) is 0 Å². The summed E-state index contributed by atoms with van der Waals surface area (Å²) in [7, 11) is 2.11. The van der Waals surface area contributed by atoms with Crippen LogP contribution in [0.4, 0.5) is 0 Å². The van der Waals surface area contributed by atoms with Crippen LogP contribution in [-0.2, 0) is 4.79 Å². The molecule has 0 saturated carbocycles. The molecule has 1 aliphatic heterocycles. The first-order chi connectivity index (χ1) is 6.09. The molecule has 13 heavy (non-hydrogen) atoms. The predicted octanol–water partition coefficient (Wildman–Crippen LogP) is 0.0970. The highest BCUT2D eigenvalue weighted by molar-refractivity contribution is 5.66. The number of hydrogen-bond acceptors (Lipinski definition) is 3. The Labute approximate surface area is 79.1 Å². The Hall–Kier alpha value is -0.610. The first-order valence-electron chi connectivity index (χ1n) is 4.74. The molecule has 4 heteroatoms. The van der Waals surface area contributed by atoms with Crippen molar-refractivity contribution in [1.82, 2.24) is 9.80 Å². The molecule has 0 spiro atoms. The standard InChI is InChI=1S/C9H18N2O2/c1-8-7-11(4-3-9(12)13)6-5-10(8)2/h8H,3-7H2,1-2H3,(H,12,13). The van der Waals surface area contributed by atoms with Crippen LogP contribution in [0.2, 0.25) is 0 Å². The van der Waals surface area contributed by atoms with Crippen LogP contribution in [0.1, 0.15) is 13.3 Å². The van der Waals surface area contributed by atoms with Gasteiger partial charge in [-0.3, -0.25) is 9.69 Å². The van der Waals surface area contributed by atoms with E-state index in [1.807, 2.05) is 0 Å². The van der Waals surface area contributed by atoms with E-state index in [-0.39, 0.29) is 6.42 Å². The zero-order valence-corrected chi connectivity index (χ0v) is 8.36. The van der Waals surface area contributed by atoms with Gasteiger partial charge in [0.25, 0.3) is 0 Å². The van der Waals surface area contributed by atoms with Gasteiger partial charge in [0.05, 0.1) is 6.42 Å². The van der Waals surface area contributed by atoms with Crippen molar-refractivity contribution in [2.24, 2.45) is 0 Å². The summed E-state index contributed by atoms with van der Waals surface area (Å²) < 4.78 is 0. The van der Waals surface area contributed by atoms with Crippen LogP contribution in [0, 0.1) is 0 Å². The highest BCUT2D eigenvalue weighted by atomic mass is 16.4. The fourth-order valence-electron chi connectivity index (χ4n) is 1.58. The summed E-state index contributed by atoms with van der Waals surface area (Å²) in [4.78, 5) is 14.9. The number of aliphatic carboxylic acids is 1. The zero-order valence-electron chi connectivity index (χ0n) is 8.36. The molecule has 76 valence electrons. The topological polar surface area (TPSA) is 43.8 Å². The van der Waals surface area contributed by atoms with Crippen LogP contribution in [0.5, 0.6) is 0 Å². The lowest BCUT2D eigenvalue weighted by molar-refractivity contribution is -0.137. The second kappa shape index (κ2) is 4.58. The Balaban J connectivity index is 2.25. The number of carboxylic acid groups (broad SMARTS) is 1. The molecule has 0 aromatic heterocycles. The summed E-state index contributed by atoms with van der Waals surface area (Å²) >= 11 is 0. The smallest absolute Gasteiger partial charge is 0.304 e. The van der Waals surface area contributed by atoms with E-state index in [0.29, 0.717) is 12.6 Å². The highest BCUT2D eigenvalue weighted by Gasteiger charge is 2.20. The van der Waals surface area contributed by atoms with Crippen molar-refractivity contribution in [3.8, 4) is 0 Å². The molecule has 1 saturated heterocycles. The normalized spacial score (nSPS) is 26.2. The predicted molar refractivity (Wildman–Crippen MR) is 50.8 cm³/mol. The van der Waals surface area contributed by atoms with Crippen LogP contribution in [-0.4, -0.2) is 60.1 Å². The average molecular weight is 186 g/mol. The van der Waals surface area contributed by atoms with E-state index in [2.05, 4.69) is 23.8 Å². The number of hydrogen-bond donors (Lipinski definition) is 1. The molecule has 1 atom stereocenters. The maximum Gasteiger partial charge on any atom is 0.304 e. The van der Waals surface area contributed by atoms with Gasteiger partial charge in [-0.2, -0.15) is 0 Å². The number of carboxylic acids is 1. The van der Waals surface area contributed by atoms with E-state index < -0.39 is 5.97 Å². The molecular weight excluding hydrogens is 168 g/mol. The second-order valence-electron chi connectivity index (χ2n) is 3.77. The molecule has 0 aliphatic carbocycles. The minimum Gasteiger partial charge on any atom is -0.481 e. The van der Waals surface area contributed by atoms with Gasteiger partial charge >= 0.3 is 5.97 Å². The van der Waals surface area contributed by atoms with Gasteiger partial charge < -0.3 is 10.0 Å². The Bertz CT molecular complexity index is 184. The van der Waals surface area contributed by atoms with E-state index in [1.54, 1.807) is 0 Å². The Morgan fingerprint density at radius 1 is 1.54 bits per heavy atom. The third-order valence-corrected chi connectivity index (χ3v) is 2.69. The molecule has 4 nitrogen and oxygen atoms in total. The molecule has 1 N–H and O–H groups in total. The summed E-state index contributed by atoms with van der Waals surface area (Å²) in [5.74, 6) is -0.702. The molecule has 1 rings (SSSR count). The van der Waals surface area contributed by atoms with E-state index in [0.717, 1.165) is 19.6 Å². The first kappa shape index (κ1) is 10.5. The Morgan fingerprint density at radius 2 is 2.23 bits per heavy atom. The summed E-state index contributed by atoms with van der Waals surface area (Å²) in [6.07, 6.45) is 0.260. The van der Waals surface area contributed by atoms with Crippen molar-refractivity contribution in [2.45, 2.75) is 19.4 Å². The SMILES string of the molecule is CC1CN(CCC(=O)O)CCN1C. The van der Waals surface area contributed by atoms with Crippen molar-refractivity contribution in [3.63, 3.8) is 0 Å². The average Bonchev–Trinajstić information content (AvgIpc) is 2.07. The maximum atomic E-state index is 10.4. The molecule has 0 aromatic carbocycles. The molecule has 0 bridgehead atoms. The van der Waals surface area contributed by atoms with Crippen molar-refractivity contribution in [2.75, 3.05) is 33.2 Å². The van der Waals surface area contributed by atoms with E-state index in [1.165, 1.54) is 0 Å². The molecule has 1 heterocycles. The quantitative estimate of drug-likeness (QED) is 0.679. The minimum absolute atomic E-state index is 0.260. The molecule has 0 amide bonds. The van der Waals surface area contributed by atoms with Gasteiger partial charge in [0.1, 0.15) is 0 Å². The van der Waals surface area contributed by atoms with Gasteiger partial charge in [-0.05, 0) is 14.0 Å². The third kappa shape index (κ3) is 3.32. The van der Waals surface area contributed by atoms with Gasteiger partial charge in [0.15, 0.2) is 0 Å². The second-order valence-corrected chi connectivity index (χ2v) is 3.77. The fourth-order valence-corrected chi connectivity index (χ4v) is 1.58. The molecule has 1 fully saturated rings. The molecule has 0 aromatic rings. The highest BCUT2D eigenvalue weighted by Crippen LogP contribution is 2.06. The lowest BCUT2D eigenvalue weighted by Crippen LogP contribution is -2.50. The van der Waals surface area contributed by atoms with E-state index >= 15 is 0 Å². The van der Waals surface area contributed by atoms with Crippen molar-refractivity contribution in [1.29, 1.82) is 0 Å². The van der Waals surface area contributed by atoms with Gasteiger partial charge in [-0.25, -0.2) is 0 Å². The van der Waals surface area contributed by atoms with E-state index in [4.69, 9.17) is 5.11 Å².